The molecule has 1 atom stereocenters. The minimum atomic E-state index is 0.249. The second kappa shape index (κ2) is 7.78. The summed E-state index contributed by atoms with van der Waals surface area (Å²) in [4.78, 5) is 8.45. The number of anilines is 3. The first kappa shape index (κ1) is 15.6. The number of nitrogens with two attached hydrogens (primary N) is 1. The van der Waals surface area contributed by atoms with Gasteiger partial charge in [0.15, 0.2) is 11.6 Å². The molecule has 23 heavy (non-hydrogen) atoms. The highest BCUT2D eigenvalue weighted by atomic mass is 16.5. The Balaban J connectivity index is 1.53. The van der Waals surface area contributed by atoms with E-state index in [2.05, 4.69) is 32.7 Å². The maximum absolute atomic E-state index is 6.16. The molecule has 6 heteroatoms. The van der Waals surface area contributed by atoms with Crippen LogP contribution in [0, 0.1) is 0 Å². The summed E-state index contributed by atoms with van der Waals surface area (Å²) >= 11 is 0. The molecule has 2 aromatic rings. The Bertz CT molecular complexity index is 614. The largest absolute Gasteiger partial charge is 0.393 e. The van der Waals surface area contributed by atoms with Crippen LogP contribution in [-0.4, -0.2) is 35.8 Å². The van der Waals surface area contributed by atoms with Crippen molar-refractivity contribution in [2.45, 2.75) is 25.4 Å². The van der Waals surface area contributed by atoms with Gasteiger partial charge in [-0.05, 0) is 24.8 Å². The van der Waals surface area contributed by atoms with Crippen molar-refractivity contribution in [2.75, 3.05) is 36.1 Å². The molecule has 0 spiro atoms. The molecule has 1 aliphatic rings. The number of hydrogen-bond donors (Lipinski definition) is 3. The minimum absolute atomic E-state index is 0.249. The molecule has 0 saturated carbocycles. The van der Waals surface area contributed by atoms with E-state index in [9.17, 15) is 0 Å². The molecule has 6 nitrogen and oxygen atoms in total. The highest BCUT2D eigenvalue weighted by Crippen LogP contribution is 2.23. The fourth-order valence-corrected chi connectivity index (χ4v) is 2.66. The van der Waals surface area contributed by atoms with Crippen molar-refractivity contribution >= 4 is 17.3 Å². The van der Waals surface area contributed by atoms with Gasteiger partial charge < -0.3 is 21.1 Å². The number of hydrogen-bond acceptors (Lipinski definition) is 6. The summed E-state index contributed by atoms with van der Waals surface area (Å²) in [5, 5.41) is 6.54. The van der Waals surface area contributed by atoms with Crippen LogP contribution in [-0.2, 0) is 11.2 Å². The van der Waals surface area contributed by atoms with Gasteiger partial charge in [-0.25, -0.2) is 9.97 Å². The van der Waals surface area contributed by atoms with Crippen LogP contribution in [0.25, 0.3) is 0 Å². The maximum Gasteiger partial charge on any atom is 0.154 e. The van der Waals surface area contributed by atoms with E-state index in [-0.39, 0.29) is 6.10 Å². The summed E-state index contributed by atoms with van der Waals surface area (Å²) < 4.78 is 5.60. The third kappa shape index (κ3) is 4.32. The van der Waals surface area contributed by atoms with Crippen molar-refractivity contribution in [1.82, 2.24) is 9.97 Å². The van der Waals surface area contributed by atoms with Gasteiger partial charge in [0.1, 0.15) is 12.0 Å². The molecule has 1 aromatic carbocycles. The summed E-state index contributed by atoms with van der Waals surface area (Å²) in [5.41, 5.74) is 7.99. The third-order valence-corrected chi connectivity index (χ3v) is 3.95. The first-order valence-electron chi connectivity index (χ1n) is 8.06. The minimum Gasteiger partial charge on any atom is -0.393 e. The Labute approximate surface area is 136 Å². The highest BCUT2D eigenvalue weighted by molar-refractivity contribution is 5.73. The Hall–Kier alpha value is -2.34. The third-order valence-electron chi connectivity index (χ3n) is 3.95. The lowest BCUT2D eigenvalue weighted by molar-refractivity contribution is 0.120. The van der Waals surface area contributed by atoms with E-state index < -0.39 is 0 Å². The van der Waals surface area contributed by atoms with Gasteiger partial charge in [0, 0.05) is 19.7 Å². The topological polar surface area (TPSA) is 85.1 Å². The molecule has 0 aliphatic carbocycles. The second-order valence-electron chi connectivity index (χ2n) is 5.66. The van der Waals surface area contributed by atoms with Crippen LogP contribution < -0.4 is 16.4 Å². The van der Waals surface area contributed by atoms with Crippen LogP contribution in [0.5, 0.6) is 0 Å². The van der Waals surface area contributed by atoms with Crippen molar-refractivity contribution in [2.24, 2.45) is 0 Å². The molecule has 122 valence electrons. The lowest BCUT2D eigenvalue weighted by atomic mass is 10.1. The molecule has 1 aliphatic heterocycles. The quantitative estimate of drug-likeness (QED) is 0.727. The van der Waals surface area contributed by atoms with Crippen molar-refractivity contribution in [3.05, 3.63) is 42.2 Å². The smallest absolute Gasteiger partial charge is 0.154 e. The number of ether oxygens (including phenoxy) is 1. The molecule has 1 unspecified atom stereocenters. The van der Waals surface area contributed by atoms with Crippen LogP contribution in [0.3, 0.4) is 0 Å². The number of aromatic nitrogens is 2. The van der Waals surface area contributed by atoms with Gasteiger partial charge in [-0.15, -0.1) is 0 Å². The number of nitrogen functional groups attached to an aromatic ring is 1. The normalized spacial score (nSPS) is 17.1. The predicted octanol–water partition coefficient (Wildman–Crippen LogP) is 2.30. The van der Waals surface area contributed by atoms with Gasteiger partial charge in [-0.1, -0.05) is 30.3 Å². The first-order valence-corrected chi connectivity index (χ1v) is 8.06. The zero-order valence-electron chi connectivity index (χ0n) is 13.2. The van der Waals surface area contributed by atoms with Crippen molar-refractivity contribution in [3.63, 3.8) is 0 Å². The molecular formula is C17H23N5O. The zero-order chi connectivity index (χ0) is 15.9. The number of rotatable bonds is 7. The van der Waals surface area contributed by atoms with Crippen molar-refractivity contribution in [3.8, 4) is 0 Å². The number of benzene rings is 1. The molecule has 0 bridgehead atoms. The molecular weight excluding hydrogens is 290 g/mol. The van der Waals surface area contributed by atoms with E-state index >= 15 is 0 Å². The summed E-state index contributed by atoms with van der Waals surface area (Å²) in [6, 6.07) is 10.3. The zero-order valence-corrected chi connectivity index (χ0v) is 13.2. The molecule has 4 N–H and O–H groups in total. The molecule has 3 rings (SSSR count). The van der Waals surface area contributed by atoms with Crippen LogP contribution in [0.1, 0.15) is 18.4 Å². The molecule has 2 heterocycles. The Morgan fingerprint density at radius 2 is 1.91 bits per heavy atom. The van der Waals surface area contributed by atoms with Crippen LogP contribution in [0.2, 0.25) is 0 Å². The number of nitrogens with zero attached hydrogens (tertiary/aromatic N) is 2. The van der Waals surface area contributed by atoms with Crippen LogP contribution in [0.4, 0.5) is 17.3 Å². The van der Waals surface area contributed by atoms with Crippen molar-refractivity contribution < 1.29 is 4.74 Å². The lowest BCUT2D eigenvalue weighted by Crippen LogP contribution is -2.20. The summed E-state index contributed by atoms with van der Waals surface area (Å²) in [6.07, 6.45) is 4.90. The Morgan fingerprint density at radius 1 is 1.13 bits per heavy atom. The molecule has 0 radical (unpaired) electrons. The summed E-state index contributed by atoms with van der Waals surface area (Å²) in [7, 11) is 0. The van der Waals surface area contributed by atoms with Gasteiger partial charge in [-0.3, -0.25) is 0 Å². The van der Waals surface area contributed by atoms with E-state index in [0.29, 0.717) is 17.3 Å². The summed E-state index contributed by atoms with van der Waals surface area (Å²) in [5.74, 6) is 1.34. The van der Waals surface area contributed by atoms with E-state index in [0.717, 1.165) is 39.0 Å². The van der Waals surface area contributed by atoms with Crippen LogP contribution in [0.15, 0.2) is 36.7 Å². The van der Waals surface area contributed by atoms with Crippen molar-refractivity contribution in [1.29, 1.82) is 0 Å². The summed E-state index contributed by atoms with van der Waals surface area (Å²) in [6.45, 7) is 2.35. The second-order valence-corrected chi connectivity index (χ2v) is 5.66. The average molecular weight is 313 g/mol. The molecule has 1 saturated heterocycles. The fourth-order valence-electron chi connectivity index (χ4n) is 2.66. The number of nitrogens with one attached hydrogen (secondary N) is 2. The SMILES string of the molecule is Nc1c(NCCc2ccccc2)ncnc1NCC1CCCO1. The molecule has 1 fully saturated rings. The van der Waals surface area contributed by atoms with Gasteiger partial charge in [0.05, 0.1) is 6.10 Å². The monoisotopic (exact) mass is 313 g/mol. The predicted molar refractivity (Wildman–Crippen MR) is 92.5 cm³/mol. The lowest BCUT2D eigenvalue weighted by Gasteiger charge is -2.14. The highest BCUT2D eigenvalue weighted by Gasteiger charge is 2.16. The van der Waals surface area contributed by atoms with Gasteiger partial charge >= 0.3 is 0 Å². The standard InChI is InChI=1S/C17H23N5O/c18-15-16(19-9-8-13-5-2-1-3-6-13)21-12-22-17(15)20-11-14-7-4-10-23-14/h1-3,5-6,12,14H,4,7-11,18H2,(H2,19,20,21,22). The Kier molecular flexibility index (Phi) is 5.26. The first-order chi connectivity index (χ1) is 11.3. The molecule has 1 aromatic heterocycles. The maximum atomic E-state index is 6.16. The Morgan fingerprint density at radius 3 is 2.65 bits per heavy atom. The van der Waals surface area contributed by atoms with Gasteiger partial charge in [0.2, 0.25) is 0 Å². The van der Waals surface area contributed by atoms with Crippen LogP contribution >= 0.6 is 0 Å². The van der Waals surface area contributed by atoms with E-state index in [1.165, 1.54) is 11.9 Å². The fraction of sp³-hybridized carbons (Fsp3) is 0.412. The van der Waals surface area contributed by atoms with E-state index in [1.54, 1.807) is 0 Å². The van der Waals surface area contributed by atoms with E-state index in [4.69, 9.17) is 10.5 Å². The molecule has 0 amide bonds. The van der Waals surface area contributed by atoms with E-state index in [1.807, 2.05) is 18.2 Å². The van der Waals surface area contributed by atoms with Gasteiger partial charge in [0.25, 0.3) is 0 Å². The van der Waals surface area contributed by atoms with Gasteiger partial charge in [-0.2, -0.15) is 0 Å². The average Bonchev–Trinajstić information content (AvgIpc) is 3.10.